The van der Waals surface area contributed by atoms with E-state index in [9.17, 15) is 0 Å². The summed E-state index contributed by atoms with van der Waals surface area (Å²) in [4.78, 5) is 9.78. The summed E-state index contributed by atoms with van der Waals surface area (Å²) in [5.74, 6) is 2.20. The first-order valence-electron chi connectivity index (χ1n) is 5.97. The van der Waals surface area contributed by atoms with Crippen molar-refractivity contribution in [3.63, 3.8) is 0 Å². The van der Waals surface area contributed by atoms with E-state index in [1.165, 1.54) is 0 Å². The van der Waals surface area contributed by atoms with Crippen molar-refractivity contribution < 1.29 is 5.11 Å². The van der Waals surface area contributed by atoms with E-state index in [0.29, 0.717) is 5.75 Å². The zero-order chi connectivity index (χ0) is 13.9. The molecule has 0 aliphatic rings. The highest BCUT2D eigenvalue weighted by Crippen LogP contribution is 2.23. The first-order valence-corrected chi connectivity index (χ1v) is 7.84. The average molecular weight is 307 g/mol. The summed E-state index contributed by atoms with van der Waals surface area (Å²) in [5, 5.41) is 19.1. The van der Waals surface area contributed by atoms with Crippen LogP contribution in [0.1, 0.15) is 11.5 Å². The van der Waals surface area contributed by atoms with E-state index in [2.05, 4.69) is 20.2 Å². The average Bonchev–Trinajstić information content (AvgIpc) is 3.17. The minimum absolute atomic E-state index is 0.00507. The van der Waals surface area contributed by atoms with Crippen LogP contribution >= 0.6 is 23.1 Å². The molecule has 20 heavy (non-hydrogen) atoms. The molecule has 0 aromatic carbocycles. The van der Waals surface area contributed by atoms with Gasteiger partial charge < -0.3 is 9.67 Å². The van der Waals surface area contributed by atoms with E-state index in [0.717, 1.165) is 27.4 Å². The molecule has 0 amide bonds. The van der Waals surface area contributed by atoms with Gasteiger partial charge in [-0.05, 0) is 11.4 Å². The third-order valence-corrected chi connectivity index (χ3v) is 4.74. The fraction of sp³-hybridized carbons (Fsp3) is 0.250. The Morgan fingerprint density at radius 1 is 1.50 bits per heavy atom. The Balaban J connectivity index is 1.68. The number of hydrogen-bond donors (Lipinski definition) is 2. The topological polar surface area (TPSA) is 79.6 Å². The Morgan fingerprint density at radius 2 is 2.40 bits per heavy atom. The van der Waals surface area contributed by atoms with Crippen molar-refractivity contribution in [3.05, 3.63) is 35.2 Å². The number of hydrogen-bond acceptors (Lipinski definition) is 6. The van der Waals surface area contributed by atoms with E-state index < -0.39 is 0 Å². The molecule has 8 heteroatoms. The zero-order valence-electron chi connectivity index (χ0n) is 10.8. The molecule has 0 spiro atoms. The smallest absolute Gasteiger partial charge is 0.191 e. The largest absolute Gasteiger partial charge is 0.390 e. The van der Waals surface area contributed by atoms with Crippen molar-refractivity contribution in [1.29, 1.82) is 0 Å². The molecule has 6 nitrogen and oxygen atoms in total. The van der Waals surface area contributed by atoms with Crippen LogP contribution in [0.4, 0.5) is 0 Å². The van der Waals surface area contributed by atoms with Crippen LogP contribution in [0, 0.1) is 0 Å². The minimum Gasteiger partial charge on any atom is -0.390 e. The number of aliphatic hydroxyl groups excluding tert-OH is 1. The molecule has 0 aliphatic carbocycles. The summed E-state index contributed by atoms with van der Waals surface area (Å²) >= 11 is 3.17. The molecule has 0 saturated heterocycles. The number of imidazole rings is 1. The predicted molar refractivity (Wildman–Crippen MR) is 78.4 cm³/mol. The van der Waals surface area contributed by atoms with Gasteiger partial charge in [0.05, 0.1) is 29.1 Å². The predicted octanol–water partition coefficient (Wildman–Crippen LogP) is 2.05. The zero-order valence-corrected chi connectivity index (χ0v) is 12.4. The molecule has 3 rings (SSSR count). The van der Waals surface area contributed by atoms with Crippen molar-refractivity contribution in [2.75, 3.05) is 0 Å². The fourth-order valence-electron chi connectivity index (χ4n) is 1.72. The Kier molecular flexibility index (Phi) is 3.86. The van der Waals surface area contributed by atoms with Crippen LogP contribution in [-0.4, -0.2) is 29.8 Å². The Hall–Kier alpha value is -1.64. The second-order valence-corrected chi connectivity index (χ2v) is 6.01. The quantitative estimate of drug-likeness (QED) is 0.705. The normalized spacial score (nSPS) is 11.1. The van der Waals surface area contributed by atoms with E-state index >= 15 is 0 Å². The second kappa shape index (κ2) is 5.78. The van der Waals surface area contributed by atoms with Crippen LogP contribution in [0.25, 0.3) is 10.7 Å². The van der Waals surface area contributed by atoms with E-state index in [1.54, 1.807) is 29.3 Å². The molecule has 0 saturated carbocycles. The Bertz CT molecular complexity index is 689. The fourth-order valence-corrected chi connectivity index (χ4v) is 3.21. The molecular formula is C12H13N5OS2. The standard InChI is InChI=1S/C12H13N5OS2/c1-17-8(6-18)5-13-12(17)20-7-10-14-11(16-15-10)9-3-2-4-19-9/h2-5,18H,6-7H2,1H3,(H,14,15,16). The van der Waals surface area contributed by atoms with Gasteiger partial charge >= 0.3 is 0 Å². The number of thioether (sulfide) groups is 1. The Labute approximate surface area is 123 Å². The number of nitrogens with one attached hydrogen (secondary N) is 1. The highest BCUT2D eigenvalue weighted by Gasteiger charge is 2.10. The molecule has 0 fully saturated rings. The van der Waals surface area contributed by atoms with Crippen molar-refractivity contribution in [2.24, 2.45) is 7.05 Å². The minimum atomic E-state index is -0.00507. The highest BCUT2D eigenvalue weighted by atomic mass is 32.2. The van der Waals surface area contributed by atoms with Gasteiger partial charge in [-0.15, -0.1) is 11.3 Å². The number of aliphatic hydroxyl groups is 1. The number of H-pyrrole nitrogens is 1. The van der Waals surface area contributed by atoms with E-state index in [-0.39, 0.29) is 6.61 Å². The van der Waals surface area contributed by atoms with Crippen LogP contribution < -0.4 is 0 Å². The van der Waals surface area contributed by atoms with Gasteiger partial charge in [-0.2, -0.15) is 5.10 Å². The van der Waals surface area contributed by atoms with Gasteiger partial charge in [-0.25, -0.2) is 9.97 Å². The molecule has 0 unspecified atom stereocenters. The molecule has 0 aliphatic heterocycles. The van der Waals surface area contributed by atoms with Crippen molar-refractivity contribution in [1.82, 2.24) is 24.7 Å². The highest BCUT2D eigenvalue weighted by molar-refractivity contribution is 7.98. The molecule has 3 aromatic heterocycles. The molecule has 3 aromatic rings. The van der Waals surface area contributed by atoms with Crippen LogP contribution in [0.3, 0.4) is 0 Å². The van der Waals surface area contributed by atoms with E-state index in [4.69, 9.17) is 5.11 Å². The van der Waals surface area contributed by atoms with Crippen LogP contribution in [-0.2, 0) is 19.4 Å². The maximum Gasteiger partial charge on any atom is 0.191 e. The molecule has 104 valence electrons. The molecular weight excluding hydrogens is 294 g/mol. The number of thiophene rings is 1. The maximum atomic E-state index is 9.13. The molecule has 0 atom stereocenters. The monoisotopic (exact) mass is 307 g/mol. The van der Waals surface area contributed by atoms with Gasteiger partial charge in [0.1, 0.15) is 5.82 Å². The lowest BCUT2D eigenvalue weighted by Crippen LogP contribution is -1.97. The summed E-state index contributed by atoms with van der Waals surface area (Å²) < 4.78 is 1.88. The maximum absolute atomic E-state index is 9.13. The van der Waals surface area contributed by atoms with Crippen molar-refractivity contribution in [2.45, 2.75) is 17.5 Å². The summed E-state index contributed by atoms with van der Waals surface area (Å²) in [6.45, 7) is -0.00507. The summed E-state index contributed by atoms with van der Waals surface area (Å²) in [6, 6.07) is 3.98. The first-order chi connectivity index (χ1) is 9.78. The van der Waals surface area contributed by atoms with Crippen molar-refractivity contribution in [3.8, 4) is 10.7 Å². The van der Waals surface area contributed by atoms with Gasteiger partial charge in [0.2, 0.25) is 0 Å². The number of aromatic nitrogens is 5. The first kappa shape index (κ1) is 13.3. The third-order valence-electron chi connectivity index (χ3n) is 2.82. The SMILES string of the molecule is Cn1c(CO)cnc1SCc1nc(-c2cccs2)n[nH]1. The van der Waals surface area contributed by atoms with Crippen LogP contribution in [0.2, 0.25) is 0 Å². The second-order valence-electron chi connectivity index (χ2n) is 4.12. The lowest BCUT2D eigenvalue weighted by atomic mass is 10.4. The number of rotatable bonds is 5. The van der Waals surface area contributed by atoms with Crippen LogP contribution in [0.5, 0.6) is 0 Å². The summed E-state index contributed by atoms with van der Waals surface area (Å²) in [7, 11) is 1.89. The lowest BCUT2D eigenvalue weighted by Gasteiger charge is -2.01. The summed E-state index contributed by atoms with van der Waals surface area (Å²) in [5.41, 5.74) is 0.796. The third kappa shape index (κ3) is 2.62. The number of aromatic amines is 1. The van der Waals surface area contributed by atoms with Gasteiger partial charge in [0.15, 0.2) is 11.0 Å². The van der Waals surface area contributed by atoms with Crippen molar-refractivity contribution >= 4 is 23.1 Å². The van der Waals surface area contributed by atoms with Gasteiger partial charge in [-0.1, -0.05) is 17.8 Å². The van der Waals surface area contributed by atoms with E-state index in [1.807, 2.05) is 29.1 Å². The Morgan fingerprint density at radius 3 is 3.10 bits per heavy atom. The van der Waals surface area contributed by atoms with Crippen LogP contribution in [0.15, 0.2) is 28.9 Å². The number of nitrogens with zero attached hydrogens (tertiary/aromatic N) is 4. The molecule has 2 N–H and O–H groups in total. The van der Waals surface area contributed by atoms with Gasteiger partial charge in [-0.3, -0.25) is 5.10 Å². The molecule has 0 radical (unpaired) electrons. The summed E-state index contributed by atoms with van der Waals surface area (Å²) in [6.07, 6.45) is 1.68. The lowest BCUT2D eigenvalue weighted by molar-refractivity contribution is 0.271. The van der Waals surface area contributed by atoms with Gasteiger partial charge in [0.25, 0.3) is 0 Å². The molecule has 3 heterocycles. The molecule has 0 bridgehead atoms. The van der Waals surface area contributed by atoms with Gasteiger partial charge in [0, 0.05) is 7.05 Å².